The minimum Gasteiger partial charge on any atom is -0.385 e. The van der Waals surface area contributed by atoms with Crippen LogP contribution in [0.4, 0.5) is 32.0 Å². The molecule has 5 aromatic rings. The van der Waals surface area contributed by atoms with Crippen LogP contribution in [0.3, 0.4) is 0 Å². The molecule has 74 heavy (non-hydrogen) atoms. The molecule has 2 aromatic carbocycles. The molecule has 0 amide bonds. The third kappa shape index (κ3) is 12.7. The van der Waals surface area contributed by atoms with Gasteiger partial charge in [-0.3, -0.25) is 23.0 Å². The Hall–Kier alpha value is -4.94. The molecule has 4 aliphatic carbocycles. The van der Waals surface area contributed by atoms with Crippen LogP contribution in [0.1, 0.15) is 168 Å². The van der Waals surface area contributed by atoms with Crippen molar-refractivity contribution in [1.82, 2.24) is 24.3 Å². The maximum Gasteiger partial charge on any atom is 0.293 e. The molecular weight excluding hydrogens is 1000 g/mol. The lowest BCUT2D eigenvalue weighted by Crippen LogP contribution is -2.30. The number of nitrogens with zero attached hydrogens (tertiary/aromatic N) is 5. The SMILES string of the molecule is CC(=O)Cn1nc(C2CC2)c2c1C(F)(F)C1CC21.CCCC(=N)c1c(Cl)ccc(-n2c(C(Cc3cc(F)cc(F)c3)C(C)C)nc3nc(C4CCC(F)(F)CC4)cc(CC)c3c2=O)c1NCCCOC.CS(C)=O. The minimum atomic E-state index is -2.78. The highest BCUT2D eigenvalue weighted by atomic mass is 35.5. The number of ether oxygens (including phenoxy) is 1. The van der Waals surface area contributed by atoms with Crippen LogP contribution in [0.15, 0.2) is 41.2 Å². The number of nitrogens with one attached hydrogen (secondary N) is 2. The van der Waals surface area contributed by atoms with Gasteiger partial charge in [-0.15, -0.1) is 0 Å². The molecule has 11 nitrogen and oxygen atoms in total. The number of methoxy groups -OCH3 is 1. The second kappa shape index (κ2) is 23.5. The van der Waals surface area contributed by atoms with E-state index in [4.69, 9.17) is 31.7 Å². The van der Waals surface area contributed by atoms with Gasteiger partial charge in [0.25, 0.3) is 11.5 Å². The van der Waals surface area contributed by atoms with Crippen LogP contribution in [0.5, 0.6) is 0 Å². The van der Waals surface area contributed by atoms with E-state index in [0.29, 0.717) is 107 Å². The molecule has 402 valence electrons. The summed E-state index contributed by atoms with van der Waals surface area (Å²) in [6, 6.07) is 8.64. The van der Waals surface area contributed by atoms with Gasteiger partial charge in [-0.1, -0.05) is 45.7 Å². The van der Waals surface area contributed by atoms with Gasteiger partial charge >= 0.3 is 0 Å². The van der Waals surface area contributed by atoms with E-state index in [1.807, 2.05) is 33.8 Å². The van der Waals surface area contributed by atoms with Crippen molar-refractivity contribution in [3.05, 3.63) is 109 Å². The smallest absolute Gasteiger partial charge is 0.293 e. The normalized spacial score (nSPS) is 18.8. The van der Waals surface area contributed by atoms with Crippen molar-refractivity contribution in [3.8, 4) is 5.69 Å². The van der Waals surface area contributed by atoms with E-state index in [2.05, 4.69) is 10.4 Å². The number of fused-ring (bicyclic) bond motifs is 4. The first-order valence-corrected chi connectivity index (χ1v) is 28.0. The van der Waals surface area contributed by atoms with Crippen LogP contribution in [-0.4, -0.2) is 78.7 Å². The van der Waals surface area contributed by atoms with Crippen LogP contribution in [-0.2, 0) is 45.6 Å². The fourth-order valence-electron chi connectivity index (χ4n) is 10.5. The van der Waals surface area contributed by atoms with Crippen LogP contribution in [0.2, 0.25) is 5.02 Å². The largest absolute Gasteiger partial charge is 0.385 e. The number of benzene rings is 2. The van der Waals surface area contributed by atoms with Crippen LogP contribution >= 0.6 is 11.6 Å². The summed E-state index contributed by atoms with van der Waals surface area (Å²) in [7, 11) is 1.00. The molecular formula is C55H68ClF6N7O4S. The van der Waals surface area contributed by atoms with Gasteiger partial charge in [-0.25, -0.2) is 27.5 Å². The van der Waals surface area contributed by atoms with E-state index >= 15 is 4.79 Å². The van der Waals surface area contributed by atoms with Gasteiger partial charge in [-0.2, -0.15) is 13.9 Å². The minimum absolute atomic E-state index is 0.00584. The second-order valence-corrected chi connectivity index (χ2v) is 22.6. The van der Waals surface area contributed by atoms with Gasteiger partial charge in [0.2, 0.25) is 5.92 Å². The number of aryl methyl sites for hydroxylation is 1. The van der Waals surface area contributed by atoms with Crippen LogP contribution in [0.25, 0.3) is 16.7 Å². The van der Waals surface area contributed by atoms with E-state index < -0.39 is 51.7 Å². The Labute approximate surface area is 436 Å². The average molecular weight is 1070 g/mol. The summed E-state index contributed by atoms with van der Waals surface area (Å²) in [4.78, 5) is 36.4. The first-order chi connectivity index (χ1) is 35.0. The number of halogens is 7. The lowest BCUT2D eigenvalue weighted by molar-refractivity contribution is -0.118. The standard InChI is InChI=1S/C40H48ClF4N5O2.C13H14F2N2O.C2H6OS/c1-6-9-31(46)35-30(41)10-11-33(36(35)47-16-8-17-52-5)50-38(29(23(3)4)20-24-18-27(42)22-28(43)19-24)49-37-34(39(50)51)25(7-2)21-32(48-37)26-12-14-40(44,45)15-13-26;1-6(18)5-17-12-10(11(16-17)7-2-3-7)8-4-9(8)13(12,14)15;1-4(2)3/h10-11,18-19,21-23,26,29,46-47H,6-9,12-17,20H2,1-5H3;7-9H,2-5H2,1H3;1-2H3. The highest BCUT2D eigenvalue weighted by Gasteiger charge is 2.67. The highest BCUT2D eigenvalue weighted by molar-refractivity contribution is 7.83. The Kier molecular flexibility index (Phi) is 18.1. The Bertz CT molecular complexity index is 2940. The van der Waals surface area contributed by atoms with Gasteiger partial charge in [0.05, 0.1) is 34.0 Å². The molecule has 3 atom stereocenters. The van der Waals surface area contributed by atoms with Crippen molar-refractivity contribution in [2.75, 3.05) is 38.1 Å². The van der Waals surface area contributed by atoms with Gasteiger partial charge in [0, 0.05) is 109 Å². The van der Waals surface area contributed by atoms with Crippen molar-refractivity contribution < 1.29 is 40.1 Å². The topological polar surface area (TPSA) is 145 Å². The van der Waals surface area contributed by atoms with E-state index in [9.17, 15) is 35.3 Å². The van der Waals surface area contributed by atoms with E-state index in [1.54, 1.807) is 36.3 Å². The molecule has 19 heteroatoms. The Morgan fingerprint density at radius 1 is 1.00 bits per heavy atom. The van der Waals surface area contributed by atoms with Gasteiger partial charge in [0.1, 0.15) is 23.2 Å². The van der Waals surface area contributed by atoms with Crippen molar-refractivity contribution in [1.29, 1.82) is 5.41 Å². The lowest BCUT2D eigenvalue weighted by Gasteiger charge is -2.29. The summed E-state index contributed by atoms with van der Waals surface area (Å²) in [5, 5.41) is 17.4. The number of hydrogen-bond acceptors (Lipinski definition) is 9. The molecule has 9 rings (SSSR count). The number of carbonyl (C=O) groups excluding carboxylic acids is 1. The number of Topliss-reactive ketones (excluding diaryl/α,β-unsaturated/α-hetero) is 1. The number of pyridine rings is 1. The average Bonchev–Trinajstić information content (AvgIpc) is 4.26. The quantitative estimate of drug-likeness (QED) is 0.0501. The predicted octanol–water partition coefficient (Wildman–Crippen LogP) is 12.7. The molecule has 0 aliphatic heterocycles. The molecule has 0 spiro atoms. The summed E-state index contributed by atoms with van der Waals surface area (Å²) in [5.74, 6) is -7.77. The summed E-state index contributed by atoms with van der Waals surface area (Å²) >= 11 is 6.80. The van der Waals surface area contributed by atoms with Crippen LogP contribution < -0.4 is 10.9 Å². The molecule has 3 saturated carbocycles. The third-order valence-electron chi connectivity index (χ3n) is 14.3. The summed E-state index contributed by atoms with van der Waals surface area (Å²) < 4.78 is 103. The number of carbonyl (C=O) groups is 1. The predicted molar refractivity (Wildman–Crippen MR) is 280 cm³/mol. The maximum atomic E-state index is 15.1. The molecule has 4 aliphatic rings. The fraction of sp³-hybridized carbons (Fsp3) is 0.564. The molecule has 0 radical (unpaired) electrons. The first kappa shape index (κ1) is 56.8. The molecule has 3 heterocycles. The number of ketones is 1. The van der Waals surface area contributed by atoms with Crippen molar-refractivity contribution in [2.24, 2.45) is 11.8 Å². The summed E-state index contributed by atoms with van der Waals surface area (Å²) in [6.45, 7) is 10.2. The van der Waals surface area contributed by atoms with Crippen LogP contribution in [0, 0.1) is 28.9 Å². The monoisotopic (exact) mass is 1070 g/mol. The van der Waals surface area contributed by atoms with E-state index in [1.165, 1.54) is 23.7 Å². The molecule has 3 unspecified atom stereocenters. The number of hydrogen-bond donors (Lipinski definition) is 2. The molecule has 3 fully saturated rings. The van der Waals surface area contributed by atoms with Crippen molar-refractivity contribution in [2.45, 2.75) is 154 Å². The fourth-order valence-corrected chi connectivity index (χ4v) is 10.8. The zero-order valence-corrected chi connectivity index (χ0v) is 45.0. The molecule has 3 aromatic heterocycles. The van der Waals surface area contributed by atoms with Crippen molar-refractivity contribution in [3.63, 3.8) is 0 Å². The lowest BCUT2D eigenvalue weighted by atomic mass is 9.84. The number of alkyl halides is 4. The Balaban J connectivity index is 0.000000296. The summed E-state index contributed by atoms with van der Waals surface area (Å²) in [5.41, 5.74) is 4.95. The maximum absolute atomic E-state index is 15.1. The zero-order valence-electron chi connectivity index (χ0n) is 43.5. The third-order valence-corrected chi connectivity index (χ3v) is 14.6. The van der Waals surface area contributed by atoms with Gasteiger partial charge < -0.3 is 15.5 Å². The second-order valence-electron chi connectivity index (χ2n) is 20.7. The first-order valence-electron chi connectivity index (χ1n) is 25.7. The van der Waals surface area contributed by atoms with Gasteiger partial charge in [-0.05, 0) is 118 Å². The highest BCUT2D eigenvalue weighted by Crippen LogP contribution is 2.69. The molecule has 0 saturated heterocycles. The zero-order chi connectivity index (χ0) is 54.0. The Morgan fingerprint density at radius 3 is 2.24 bits per heavy atom. The van der Waals surface area contributed by atoms with Crippen molar-refractivity contribution >= 4 is 50.6 Å². The molecule has 2 N–H and O–H groups in total. The van der Waals surface area contributed by atoms with E-state index in [-0.39, 0.29) is 73.5 Å². The number of anilines is 1. The number of rotatable bonds is 18. The van der Waals surface area contributed by atoms with E-state index in [0.717, 1.165) is 30.2 Å². The van der Waals surface area contributed by atoms with Gasteiger partial charge in [0.15, 0.2) is 11.4 Å². The number of aromatic nitrogens is 5. The molecule has 0 bridgehead atoms. The Morgan fingerprint density at radius 2 is 1.66 bits per heavy atom. The summed E-state index contributed by atoms with van der Waals surface area (Å²) in [6.07, 6.45) is 8.47.